The first kappa shape index (κ1) is 20.0. The number of amides is 1. The highest BCUT2D eigenvalue weighted by molar-refractivity contribution is 5.94. The Labute approximate surface area is 171 Å². The lowest BCUT2D eigenvalue weighted by atomic mass is 9.67. The van der Waals surface area contributed by atoms with E-state index in [1.807, 2.05) is 18.2 Å². The van der Waals surface area contributed by atoms with E-state index >= 15 is 0 Å². The van der Waals surface area contributed by atoms with Gasteiger partial charge in [0.25, 0.3) is 5.91 Å². The number of carbonyl (C=O) groups excluding carboxylic acids is 1. The van der Waals surface area contributed by atoms with E-state index in [9.17, 15) is 4.79 Å². The standard InChI is InChI=1S/C22H30N4O3/c1-15(2)12-23-20(27)17-6-4-5-16(11-17)13-26-10-8-18-7-9-22(18,26)21-25-24-19(29-21)14-28-3/h4-6,11,15,18H,7-10,12-14H2,1-3H3,(H,23,27)/t18-,22-/m0/s1. The van der Waals surface area contributed by atoms with Crippen LogP contribution in [0.2, 0.25) is 0 Å². The summed E-state index contributed by atoms with van der Waals surface area (Å²) < 4.78 is 11.1. The summed E-state index contributed by atoms with van der Waals surface area (Å²) in [5.74, 6) is 2.21. The Morgan fingerprint density at radius 3 is 2.97 bits per heavy atom. The predicted octanol–water partition coefficient (Wildman–Crippen LogP) is 3.11. The Morgan fingerprint density at radius 2 is 2.24 bits per heavy atom. The third-order valence-electron chi connectivity index (χ3n) is 6.20. The van der Waals surface area contributed by atoms with Crippen LogP contribution in [0.1, 0.15) is 60.8 Å². The molecule has 0 radical (unpaired) electrons. The maximum Gasteiger partial charge on any atom is 0.251 e. The number of benzene rings is 1. The molecule has 0 bridgehead atoms. The quantitative estimate of drug-likeness (QED) is 0.736. The first-order valence-electron chi connectivity index (χ1n) is 10.5. The summed E-state index contributed by atoms with van der Waals surface area (Å²) in [7, 11) is 1.63. The van der Waals surface area contributed by atoms with Gasteiger partial charge in [0, 0.05) is 25.8 Å². The highest BCUT2D eigenvalue weighted by atomic mass is 16.5. The second-order valence-corrected chi connectivity index (χ2v) is 8.61. The zero-order valence-electron chi connectivity index (χ0n) is 17.5. The number of nitrogens with one attached hydrogen (secondary N) is 1. The predicted molar refractivity (Wildman–Crippen MR) is 108 cm³/mol. The minimum atomic E-state index is -0.172. The molecule has 1 amide bonds. The molecule has 2 heterocycles. The molecule has 1 aliphatic carbocycles. The van der Waals surface area contributed by atoms with Crippen LogP contribution in [0.15, 0.2) is 28.7 Å². The number of hydrogen-bond acceptors (Lipinski definition) is 6. The van der Waals surface area contributed by atoms with E-state index in [0.717, 1.165) is 31.5 Å². The summed E-state index contributed by atoms with van der Waals surface area (Å²) in [6, 6.07) is 7.92. The molecule has 0 spiro atoms. The van der Waals surface area contributed by atoms with Crippen molar-refractivity contribution >= 4 is 5.91 Å². The molecule has 2 aliphatic rings. The molecule has 1 saturated heterocycles. The summed E-state index contributed by atoms with van der Waals surface area (Å²) >= 11 is 0. The van der Waals surface area contributed by atoms with E-state index in [-0.39, 0.29) is 11.4 Å². The molecule has 156 valence electrons. The minimum Gasteiger partial charge on any atom is -0.421 e. The molecule has 1 aromatic heterocycles. The number of fused-ring (bicyclic) bond motifs is 1. The number of nitrogens with zero attached hydrogens (tertiary/aromatic N) is 3. The number of aromatic nitrogens is 2. The zero-order valence-corrected chi connectivity index (χ0v) is 17.5. The van der Waals surface area contributed by atoms with Crippen molar-refractivity contribution in [2.75, 3.05) is 20.2 Å². The Balaban J connectivity index is 1.51. The van der Waals surface area contributed by atoms with E-state index in [4.69, 9.17) is 9.15 Å². The number of carbonyl (C=O) groups is 1. The van der Waals surface area contributed by atoms with Gasteiger partial charge in [-0.3, -0.25) is 9.69 Å². The van der Waals surface area contributed by atoms with Gasteiger partial charge in [-0.2, -0.15) is 0 Å². The van der Waals surface area contributed by atoms with Crippen molar-refractivity contribution in [1.29, 1.82) is 0 Å². The molecule has 2 fully saturated rings. The molecule has 2 atom stereocenters. The number of methoxy groups -OCH3 is 1. The molecule has 7 heteroatoms. The second-order valence-electron chi connectivity index (χ2n) is 8.61. The number of ether oxygens (including phenoxy) is 1. The van der Waals surface area contributed by atoms with Crippen LogP contribution in [0.5, 0.6) is 0 Å². The van der Waals surface area contributed by atoms with E-state index in [1.54, 1.807) is 7.11 Å². The zero-order chi connectivity index (χ0) is 20.4. The van der Waals surface area contributed by atoms with Gasteiger partial charge in [-0.1, -0.05) is 26.0 Å². The molecule has 1 saturated carbocycles. The van der Waals surface area contributed by atoms with Crippen LogP contribution in [0.3, 0.4) is 0 Å². The van der Waals surface area contributed by atoms with Gasteiger partial charge in [0.05, 0.1) is 0 Å². The average molecular weight is 399 g/mol. The molecular formula is C22H30N4O3. The van der Waals surface area contributed by atoms with Crippen molar-refractivity contribution < 1.29 is 13.9 Å². The molecule has 0 unspecified atom stereocenters. The van der Waals surface area contributed by atoms with E-state index in [1.165, 1.54) is 6.42 Å². The van der Waals surface area contributed by atoms with Crippen LogP contribution in [-0.4, -0.2) is 41.2 Å². The number of hydrogen-bond donors (Lipinski definition) is 1. The van der Waals surface area contributed by atoms with Gasteiger partial charge < -0.3 is 14.5 Å². The first-order valence-corrected chi connectivity index (χ1v) is 10.5. The molecule has 4 rings (SSSR count). The van der Waals surface area contributed by atoms with Gasteiger partial charge in [-0.05, 0) is 55.3 Å². The Bertz CT molecular complexity index is 865. The minimum absolute atomic E-state index is 0.0145. The van der Waals surface area contributed by atoms with E-state index < -0.39 is 0 Å². The van der Waals surface area contributed by atoms with Crippen molar-refractivity contribution in [1.82, 2.24) is 20.4 Å². The maximum absolute atomic E-state index is 12.4. The lowest BCUT2D eigenvalue weighted by molar-refractivity contribution is -0.0174. The molecule has 29 heavy (non-hydrogen) atoms. The van der Waals surface area contributed by atoms with Crippen LogP contribution in [0.25, 0.3) is 0 Å². The monoisotopic (exact) mass is 398 g/mol. The fourth-order valence-corrected chi connectivity index (χ4v) is 4.61. The van der Waals surface area contributed by atoms with Crippen LogP contribution < -0.4 is 5.32 Å². The molecule has 1 aliphatic heterocycles. The largest absolute Gasteiger partial charge is 0.421 e. The van der Waals surface area contributed by atoms with Crippen molar-refractivity contribution in [3.05, 3.63) is 47.2 Å². The fraction of sp³-hybridized carbons (Fsp3) is 0.591. The first-order chi connectivity index (χ1) is 14.0. The number of likely N-dealkylation sites (tertiary alicyclic amines) is 1. The van der Waals surface area contributed by atoms with Crippen molar-refractivity contribution in [2.24, 2.45) is 11.8 Å². The SMILES string of the molecule is COCc1nnc([C@]23CC[C@H]2CCN3Cc2cccc(C(=O)NCC(C)C)c2)o1. The topological polar surface area (TPSA) is 80.5 Å². The van der Waals surface area contributed by atoms with Gasteiger partial charge in [0.1, 0.15) is 12.1 Å². The van der Waals surface area contributed by atoms with E-state index in [2.05, 4.69) is 40.3 Å². The third-order valence-corrected chi connectivity index (χ3v) is 6.20. The van der Waals surface area contributed by atoms with Crippen LogP contribution in [-0.2, 0) is 23.4 Å². The smallest absolute Gasteiger partial charge is 0.251 e. The molecule has 2 aromatic rings. The highest BCUT2D eigenvalue weighted by Gasteiger charge is 2.59. The Morgan fingerprint density at radius 1 is 1.38 bits per heavy atom. The van der Waals surface area contributed by atoms with E-state index in [0.29, 0.717) is 42.3 Å². The van der Waals surface area contributed by atoms with Crippen LogP contribution in [0, 0.1) is 11.8 Å². The molecular weight excluding hydrogens is 368 g/mol. The van der Waals surface area contributed by atoms with Gasteiger partial charge in [0.2, 0.25) is 11.8 Å². The van der Waals surface area contributed by atoms with Crippen molar-refractivity contribution in [3.8, 4) is 0 Å². The van der Waals surface area contributed by atoms with Gasteiger partial charge in [-0.15, -0.1) is 10.2 Å². The van der Waals surface area contributed by atoms with Gasteiger partial charge in [0.15, 0.2) is 0 Å². The number of rotatable bonds is 8. The lowest BCUT2D eigenvalue weighted by Crippen LogP contribution is -2.51. The van der Waals surface area contributed by atoms with Gasteiger partial charge >= 0.3 is 0 Å². The molecule has 1 N–H and O–H groups in total. The second kappa shape index (κ2) is 8.24. The average Bonchev–Trinajstić information content (AvgIpc) is 3.23. The van der Waals surface area contributed by atoms with Crippen molar-refractivity contribution in [3.63, 3.8) is 0 Å². The summed E-state index contributed by atoms with van der Waals surface area (Å²) in [6.07, 6.45) is 3.35. The van der Waals surface area contributed by atoms with Crippen LogP contribution >= 0.6 is 0 Å². The molecule has 7 nitrogen and oxygen atoms in total. The van der Waals surface area contributed by atoms with Crippen LogP contribution in [0.4, 0.5) is 0 Å². The lowest BCUT2D eigenvalue weighted by Gasteiger charge is -2.47. The summed E-state index contributed by atoms with van der Waals surface area (Å²) in [4.78, 5) is 14.9. The summed E-state index contributed by atoms with van der Waals surface area (Å²) in [5, 5.41) is 11.5. The highest BCUT2D eigenvalue weighted by Crippen LogP contribution is 2.56. The normalized spacial score (nSPS) is 23.8. The Kier molecular flexibility index (Phi) is 5.69. The molecule has 1 aromatic carbocycles. The van der Waals surface area contributed by atoms with Gasteiger partial charge in [-0.25, -0.2) is 0 Å². The fourth-order valence-electron chi connectivity index (χ4n) is 4.61. The Hall–Kier alpha value is -2.25. The summed E-state index contributed by atoms with van der Waals surface area (Å²) in [5.41, 5.74) is 1.67. The third kappa shape index (κ3) is 3.81. The summed E-state index contributed by atoms with van der Waals surface area (Å²) in [6.45, 7) is 6.96. The van der Waals surface area contributed by atoms with Crippen molar-refractivity contribution in [2.45, 2.75) is 51.8 Å². The maximum atomic E-state index is 12.4.